The fourth-order valence-electron chi connectivity index (χ4n) is 1.59. The minimum atomic E-state index is -0.241. The SMILES string of the molecule is Fc1ccc(CNc2nnc(-c3cnccn3)s2)cc1. The Kier molecular flexibility index (Phi) is 3.60. The third kappa shape index (κ3) is 2.94. The van der Waals surface area contributed by atoms with E-state index < -0.39 is 0 Å². The lowest BCUT2D eigenvalue weighted by molar-refractivity contribution is 0.627. The molecule has 0 aliphatic carbocycles. The maximum atomic E-state index is 12.8. The number of hydrogen-bond acceptors (Lipinski definition) is 6. The third-order valence-corrected chi connectivity index (χ3v) is 3.47. The molecule has 3 aromatic rings. The molecule has 5 nitrogen and oxygen atoms in total. The van der Waals surface area contributed by atoms with Crippen LogP contribution in [-0.2, 0) is 6.54 Å². The van der Waals surface area contributed by atoms with Crippen LogP contribution in [0, 0.1) is 5.82 Å². The Morgan fingerprint density at radius 3 is 2.70 bits per heavy atom. The number of anilines is 1. The zero-order chi connectivity index (χ0) is 13.8. The van der Waals surface area contributed by atoms with Crippen molar-refractivity contribution in [2.24, 2.45) is 0 Å². The zero-order valence-corrected chi connectivity index (χ0v) is 11.1. The van der Waals surface area contributed by atoms with Crippen molar-refractivity contribution in [1.29, 1.82) is 0 Å². The number of nitrogens with zero attached hydrogens (tertiary/aromatic N) is 4. The lowest BCUT2D eigenvalue weighted by Crippen LogP contribution is -1.98. The van der Waals surface area contributed by atoms with E-state index in [4.69, 9.17) is 0 Å². The lowest BCUT2D eigenvalue weighted by atomic mass is 10.2. The highest BCUT2D eigenvalue weighted by Gasteiger charge is 2.07. The molecular weight excluding hydrogens is 277 g/mol. The summed E-state index contributed by atoms with van der Waals surface area (Å²) in [4.78, 5) is 8.16. The quantitative estimate of drug-likeness (QED) is 0.799. The summed E-state index contributed by atoms with van der Waals surface area (Å²) in [5, 5.41) is 12.6. The molecule has 0 bridgehead atoms. The van der Waals surface area contributed by atoms with Gasteiger partial charge in [-0.15, -0.1) is 10.2 Å². The van der Waals surface area contributed by atoms with E-state index in [0.29, 0.717) is 22.4 Å². The number of rotatable bonds is 4. The summed E-state index contributed by atoms with van der Waals surface area (Å²) in [6, 6.07) is 6.32. The van der Waals surface area contributed by atoms with Crippen LogP contribution in [0.4, 0.5) is 9.52 Å². The van der Waals surface area contributed by atoms with Crippen LogP contribution in [0.1, 0.15) is 5.56 Å². The molecule has 1 N–H and O–H groups in total. The van der Waals surface area contributed by atoms with Crippen LogP contribution in [0.25, 0.3) is 10.7 Å². The number of benzene rings is 1. The minimum Gasteiger partial charge on any atom is -0.356 e. The molecule has 0 radical (unpaired) electrons. The molecule has 0 atom stereocenters. The first-order chi connectivity index (χ1) is 9.81. The van der Waals surface area contributed by atoms with Gasteiger partial charge in [0.1, 0.15) is 11.5 Å². The zero-order valence-electron chi connectivity index (χ0n) is 10.3. The summed E-state index contributed by atoms with van der Waals surface area (Å²) < 4.78 is 12.8. The molecule has 7 heteroatoms. The van der Waals surface area contributed by atoms with Crippen molar-refractivity contribution in [2.45, 2.75) is 6.54 Å². The van der Waals surface area contributed by atoms with E-state index in [9.17, 15) is 4.39 Å². The van der Waals surface area contributed by atoms with Crippen molar-refractivity contribution in [3.05, 3.63) is 54.2 Å². The molecule has 0 saturated heterocycles. The summed E-state index contributed by atoms with van der Waals surface area (Å²) in [5.74, 6) is -0.241. The fourth-order valence-corrected chi connectivity index (χ4v) is 2.29. The third-order valence-electron chi connectivity index (χ3n) is 2.56. The summed E-state index contributed by atoms with van der Waals surface area (Å²) in [5.41, 5.74) is 1.67. The van der Waals surface area contributed by atoms with Gasteiger partial charge < -0.3 is 5.32 Å². The second-order valence-corrected chi connectivity index (χ2v) is 4.96. The Morgan fingerprint density at radius 2 is 1.95 bits per heavy atom. The standard InChI is InChI=1S/C13H10FN5S/c14-10-3-1-9(2-4-10)7-17-13-19-18-12(20-13)11-8-15-5-6-16-11/h1-6,8H,7H2,(H,17,19). The van der Waals surface area contributed by atoms with Gasteiger partial charge in [-0.05, 0) is 17.7 Å². The van der Waals surface area contributed by atoms with Gasteiger partial charge in [-0.1, -0.05) is 23.5 Å². The smallest absolute Gasteiger partial charge is 0.206 e. The molecule has 2 heterocycles. The van der Waals surface area contributed by atoms with Crippen LogP contribution in [-0.4, -0.2) is 20.2 Å². The first-order valence-corrected chi connectivity index (χ1v) is 6.71. The Bertz CT molecular complexity index is 683. The Morgan fingerprint density at radius 1 is 1.10 bits per heavy atom. The second-order valence-electron chi connectivity index (χ2n) is 3.98. The van der Waals surface area contributed by atoms with E-state index in [1.165, 1.54) is 23.5 Å². The van der Waals surface area contributed by atoms with Gasteiger partial charge in [-0.25, -0.2) is 4.39 Å². The highest BCUT2D eigenvalue weighted by atomic mass is 32.1. The number of hydrogen-bond donors (Lipinski definition) is 1. The molecule has 20 heavy (non-hydrogen) atoms. The van der Waals surface area contributed by atoms with E-state index in [1.54, 1.807) is 30.7 Å². The molecule has 3 rings (SSSR count). The highest BCUT2D eigenvalue weighted by molar-refractivity contribution is 7.18. The molecule has 1 aromatic carbocycles. The van der Waals surface area contributed by atoms with Gasteiger partial charge in [-0.3, -0.25) is 9.97 Å². The number of halogens is 1. The van der Waals surface area contributed by atoms with Crippen LogP contribution in [0.2, 0.25) is 0 Å². The van der Waals surface area contributed by atoms with Gasteiger partial charge in [0.05, 0.1) is 6.20 Å². The normalized spacial score (nSPS) is 10.4. The van der Waals surface area contributed by atoms with Crippen LogP contribution in [0.5, 0.6) is 0 Å². The number of aromatic nitrogens is 4. The van der Waals surface area contributed by atoms with Gasteiger partial charge in [0.15, 0.2) is 5.01 Å². The minimum absolute atomic E-state index is 0.241. The molecule has 0 saturated carbocycles. The predicted molar refractivity (Wildman–Crippen MR) is 74.7 cm³/mol. The molecule has 0 spiro atoms. The average molecular weight is 287 g/mol. The molecule has 100 valence electrons. The van der Waals surface area contributed by atoms with E-state index in [1.807, 2.05) is 0 Å². The molecule has 0 aliphatic heterocycles. The molecule has 0 fully saturated rings. The fraction of sp³-hybridized carbons (Fsp3) is 0.0769. The lowest BCUT2D eigenvalue weighted by Gasteiger charge is -2.01. The first kappa shape index (κ1) is 12.6. The molecule has 0 unspecified atom stereocenters. The topological polar surface area (TPSA) is 63.6 Å². The Hall–Kier alpha value is -2.41. The van der Waals surface area contributed by atoms with E-state index in [2.05, 4.69) is 25.5 Å². The van der Waals surface area contributed by atoms with Crippen molar-refractivity contribution < 1.29 is 4.39 Å². The second kappa shape index (κ2) is 5.70. The van der Waals surface area contributed by atoms with Crippen molar-refractivity contribution in [1.82, 2.24) is 20.2 Å². The van der Waals surface area contributed by atoms with E-state index in [-0.39, 0.29) is 5.82 Å². The van der Waals surface area contributed by atoms with Gasteiger partial charge in [0.25, 0.3) is 0 Å². The van der Waals surface area contributed by atoms with Crippen molar-refractivity contribution in [2.75, 3.05) is 5.32 Å². The van der Waals surface area contributed by atoms with Gasteiger partial charge in [0.2, 0.25) is 5.13 Å². The maximum absolute atomic E-state index is 12.8. The van der Waals surface area contributed by atoms with Gasteiger partial charge in [0, 0.05) is 18.9 Å². The highest BCUT2D eigenvalue weighted by Crippen LogP contribution is 2.24. The van der Waals surface area contributed by atoms with Gasteiger partial charge in [-0.2, -0.15) is 0 Å². The largest absolute Gasteiger partial charge is 0.356 e. The van der Waals surface area contributed by atoms with Crippen LogP contribution in [0.3, 0.4) is 0 Å². The molecule has 2 aromatic heterocycles. The Labute approximate surface area is 118 Å². The number of nitrogens with one attached hydrogen (secondary N) is 1. The van der Waals surface area contributed by atoms with E-state index in [0.717, 1.165) is 5.56 Å². The Balaban J connectivity index is 1.67. The molecule has 0 aliphatic rings. The summed E-state index contributed by atoms with van der Waals surface area (Å²) in [6.45, 7) is 0.565. The summed E-state index contributed by atoms with van der Waals surface area (Å²) >= 11 is 1.40. The van der Waals surface area contributed by atoms with E-state index >= 15 is 0 Å². The summed E-state index contributed by atoms with van der Waals surface area (Å²) in [7, 11) is 0. The van der Waals surface area contributed by atoms with Crippen molar-refractivity contribution in [3.63, 3.8) is 0 Å². The van der Waals surface area contributed by atoms with Gasteiger partial charge >= 0.3 is 0 Å². The molecular formula is C13H10FN5S. The summed E-state index contributed by atoms with van der Waals surface area (Å²) in [6.07, 6.45) is 4.87. The maximum Gasteiger partial charge on any atom is 0.206 e. The van der Waals surface area contributed by atoms with Crippen molar-refractivity contribution >= 4 is 16.5 Å². The molecule has 0 amide bonds. The average Bonchev–Trinajstić information content (AvgIpc) is 2.97. The van der Waals surface area contributed by atoms with Crippen LogP contribution >= 0.6 is 11.3 Å². The van der Waals surface area contributed by atoms with Crippen LogP contribution in [0.15, 0.2) is 42.9 Å². The van der Waals surface area contributed by atoms with Crippen molar-refractivity contribution in [3.8, 4) is 10.7 Å². The monoisotopic (exact) mass is 287 g/mol. The predicted octanol–water partition coefficient (Wildman–Crippen LogP) is 2.75. The van der Waals surface area contributed by atoms with Crippen LogP contribution < -0.4 is 5.32 Å². The first-order valence-electron chi connectivity index (χ1n) is 5.89.